The van der Waals surface area contributed by atoms with Crippen molar-refractivity contribution in [1.82, 2.24) is 14.9 Å². The molecule has 1 fully saturated rings. The highest BCUT2D eigenvalue weighted by atomic mass is 16.6. The molecule has 3 rings (SSSR count). The summed E-state index contributed by atoms with van der Waals surface area (Å²) in [5.74, 6) is 1.81. The van der Waals surface area contributed by atoms with E-state index in [1.807, 2.05) is 6.07 Å². The normalized spacial score (nSPS) is 13.6. The van der Waals surface area contributed by atoms with Crippen LogP contribution in [0.3, 0.4) is 0 Å². The number of hydrogen-bond acceptors (Lipinski definition) is 7. The van der Waals surface area contributed by atoms with Crippen molar-refractivity contribution in [3.63, 3.8) is 0 Å². The van der Waals surface area contributed by atoms with Crippen molar-refractivity contribution in [2.75, 3.05) is 37.8 Å². The summed E-state index contributed by atoms with van der Waals surface area (Å²) in [5, 5.41) is 17.7. The fourth-order valence-corrected chi connectivity index (χ4v) is 2.84. The van der Waals surface area contributed by atoms with E-state index in [4.69, 9.17) is 0 Å². The molecule has 1 saturated carbocycles. The van der Waals surface area contributed by atoms with Gasteiger partial charge < -0.3 is 15.5 Å². The minimum absolute atomic E-state index is 0.114. The van der Waals surface area contributed by atoms with E-state index in [2.05, 4.69) is 39.6 Å². The van der Waals surface area contributed by atoms with Crippen LogP contribution in [0.25, 0.3) is 0 Å². The number of para-hydroxylation sites is 1. The van der Waals surface area contributed by atoms with Crippen LogP contribution in [0.2, 0.25) is 0 Å². The van der Waals surface area contributed by atoms with Gasteiger partial charge in [0.15, 0.2) is 0 Å². The summed E-state index contributed by atoms with van der Waals surface area (Å²) in [7, 11) is 4.10. The second-order valence-corrected chi connectivity index (χ2v) is 7.10. The summed E-state index contributed by atoms with van der Waals surface area (Å²) in [6, 6.07) is 8.71. The molecule has 1 aromatic heterocycles. The Bertz CT molecular complexity index is 792. The van der Waals surface area contributed by atoms with Gasteiger partial charge >= 0.3 is 0 Å². The molecule has 2 N–H and O–H groups in total. The van der Waals surface area contributed by atoms with Gasteiger partial charge in [0, 0.05) is 36.7 Å². The van der Waals surface area contributed by atoms with Gasteiger partial charge in [0.05, 0.1) is 10.6 Å². The molecule has 1 aliphatic rings. The van der Waals surface area contributed by atoms with E-state index in [-0.39, 0.29) is 10.6 Å². The molecule has 0 unspecified atom stereocenters. The fourth-order valence-electron chi connectivity index (χ4n) is 2.84. The zero-order valence-corrected chi connectivity index (χ0v) is 15.8. The maximum atomic E-state index is 11.2. The average Bonchev–Trinajstić information content (AvgIpc) is 3.49. The summed E-state index contributed by atoms with van der Waals surface area (Å²) < 4.78 is 0. The van der Waals surface area contributed by atoms with Gasteiger partial charge in [-0.15, -0.1) is 0 Å². The van der Waals surface area contributed by atoms with Gasteiger partial charge in [-0.2, -0.15) is 4.98 Å². The molecule has 0 spiro atoms. The number of nitro benzene ring substituents is 1. The SMILES string of the molecule is CN(C)CCCNc1nc(NCc2ccccc2[N+](=O)[O-])cc(C2CC2)n1. The molecule has 0 saturated heterocycles. The quantitative estimate of drug-likeness (QED) is 0.376. The zero-order chi connectivity index (χ0) is 19.2. The molecule has 1 heterocycles. The van der Waals surface area contributed by atoms with Gasteiger partial charge in [0.1, 0.15) is 5.82 Å². The number of anilines is 2. The smallest absolute Gasteiger partial charge is 0.274 e. The molecule has 2 aromatic rings. The maximum absolute atomic E-state index is 11.2. The molecule has 0 aliphatic heterocycles. The van der Waals surface area contributed by atoms with Gasteiger partial charge in [-0.1, -0.05) is 18.2 Å². The second kappa shape index (κ2) is 8.77. The lowest BCUT2D eigenvalue weighted by Gasteiger charge is -2.12. The highest BCUT2D eigenvalue weighted by Crippen LogP contribution is 2.39. The summed E-state index contributed by atoms with van der Waals surface area (Å²) in [5.41, 5.74) is 1.78. The Morgan fingerprint density at radius 3 is 2.70 bits per heavy atom. The van der Waals surface area contributed by atoms with Crippen LogP contribution >= 0.6 is 0 Å². The average molecular weight is 370 g/mol. The van der Waals surface area contributed by atoms with Gasteiger partial charge in [0.2, 0.25) is 5.95 Å². The Kier molecular flexibility index (Phi) is 6.18. The Hall–Kier alpha value is -2.74. The van der Waals surface area contributed by atoms with Crippen molar-refractivity contribution >= 4 is 17.5 Å². The molecule has 0 bridgehead atoms. The van der Waals surface area contributed by atoms with Gasteiger partial charge in [-0.25, -0.2) is 4.98 Å². The highest BCUT2D eigenvalue weighted by molar-refractivity contribution is 5.47. The second-order valence-electron chi connectivity index (χ2n) is 7.10. The fraction of sp³-hybridized carbons (Fsp3) is 0.474. The maximum Gasteiger partial charge on any atom is 0.274 e. The third-order valence-electron chi connectivity index (χ3n) is 4.46. The predicted octanol–water partition coefficient (Wildman–Crippen LogP) is 3.24. The van der Waals surface area contributed by atoms with Gasteiger partial charge in [-0.3, -0.25) is 10.1 Å². The van der Waals surface area contributed by atoms with Crippen LogP contribution in [0.1, 0.15) is 36.4 Å². The van der Waals surface area contributed by atoms with Gasteiger partial charge in [0.25, 0.3) is 5.69 Å². The number of nitrogens with zero attached hydrogens (tertiary/aromatic N) is 4. The Balaban J connectivity index is 1.68. The van der Waals surface area contributed by atoms with Crippen LogP contribution in [0.4, 0.5) is 17.5 Å². The molecule has 8 heteroatoms. The summed E-state index contributed by atoms with van der Waals surface area (Å²) in [6.07, 6.45) is 3.31. The van der Waals surface area contributed by atoms with E-state index in [0.29, 0.717) is 29.8 Å². The van der Waals surface area contributed by atoms with Crippen LogP contribution in [-0.2, 0) is 6.54 Å². The van der Waals surface area contributed by atoms with Crippen LogP contribution in [0.15, 0.2) is 30.3 Å². The molecule has 0 atom stereocenters. The predicted molar refractivity (Wildman–Crippen MR) is 106 cm³/mol. The van der Waals surface area contributed by atoms with Crippen LogP contribution < -0.4 is 10.6 Å². The summed E-state index contributed by atoms with van der Waals surface area (Å²) in [4.78, 5) is 22.1. The minimum Gasteiger partial charge on any atom is -0.366 e. The number of aromatic nitrogens is 2. The monoisotopic (exact) mass is 370 g/mol. The largest absolute Gasteiger partial charge is 0.366 e. The van der Waals surface area contributed by atoms with E-state index in [1.165, 1.54) is 6.07 Å². The molecule has 1 aliphatic carbocycles. The Labute approximate surface area is 159 Å². The van der Waals surface area contributed by atoms with Crippen molar-refractivity contribution in [2.24, 2.45) is 0 Å². The standard InChI is InChI=1S/C19H26N6O2/c1-24(2)11-5-10-20-19-22-16(14-8-9-14)12-18(23-19)21-13-15-6-3-4-7-17(15)25(26)27/h3-4,6-7,12,14H,5,8-11,13H2,1-2H3,(H2,20,21,22,23). The van der Waals surface area contributed by atoms with E-state index in [1.54, 1.807) is 18.2 Å². The number of rotatable bonds is 10. The first-order valence-corrected chi connectivity index (χ1v) is 9.26. The highest BCUT2D eigenvalue weighted by Gasteiger charge is 2.26. The van der Waals surface area contributed by atoms with E-state index in [9.17, 15) is 10.1 Å². The van der Waals surface area contributed by atoms with Crippen molar-refractivity contribution in [3.05, 3.63) is 51.7 Å². The van der Waals surface area contributed by atoms with Crippen molar-refractivity contribution in [1.29, 1.82) is 0 Å². The first-order chi connectivity index (χ1) is 13.0. The molecular weight excluding hydrogens is 344 g/mol. The third-order valence-corrected chi connectivity index (χ3v) is 4.46. The van der Waals surface area contributed by atoms with E-state index < -0.39 is 0 Å². The van der Waals surface area contributed by atoms with Gasteiger partial charge in [-0.05, 0) is 39.9 Å². The van der Waals surface area contributed by atoms with E-state index in [0.717, 1.165) is 38.0 Å². The summed E-state index contributed by atoms with van der Waals surface area (Å²) >= 11 is 0. The molecular formula is C19H26N6O2. The molecule has 1 aromatic carbocycles. The summed E-state index contributed by atoms with van der Waals surface area (Å²) in [6.45, 7) is 2.15. The van der Waals surface area contributed by atoms with Crippen molar-refractivity contribution < 1.29 is 4.92 Å². The van der Waals surface area contributed by atoms with Crippen molar-refractivity contribution in [3.8, 4) is 0 Å². The minimum atomic E-state index is -0.357. The molecule has 27 heavy (non-hydrogen) atoms. The number of hydrogen-bond donors (Lipinski definition) is 2. The molecule has 8 nitrogen and oxygen atoms in total. The van der Waals surface area contributed by atoms with Crippen molar-refractivity contribution in [2.45, 2.75) is 31.7 Å². The van der Waals surface area contributed by atoms with Crippen LogP contribution in [0, 0.1) is 10.1 Å². The third kappa shape index (κ3) is 5.62. The first kappa shape index (κ1) is 19.0. The number of nitro groups is 1. The first-order valence-electron chi connectivity index (χ1n) is 9.26. The van der Waals surface area contributed by atoms with Crippen LogP contribution in [0.5, 0.6) is 0 Å². The zero-order valence-electron chi connectivity index (χ0n) is 15.8. The lowest BCUT2D eigenvalue weighted by molar-refractivity contribution is -0.385. The molecule has 0 radical (unpaired) electrons. The van der Waals surface area contributed by atoms with E-state index >= 15 is 0 Å². The Morgan fingerprint density at radius 1 is 1.22 bits per heavy atom. The topological polar surface area (TPSA) is 96.2 Å². The Morgan fingerprint density at radius 2 is 2.00 bits per heavy atom. The molecule has 0 amide bonds. The number of nitrogens with one attached hydrogen (secondary N) is 2. The number of benzene rings is 1. The lowest BCUT2D eigenvalue weighted by Crippen LogP contribution is -2.17. The molecule has 144 valence electrons. The lowest BCUT2D eigenvalue weighted by atomic mass is 10.2. The van der Waals surface area contributed by atoms with Crippen LogP contribution in [-0.4, -0.2) is 47.0 Å².